The lowest BCUT2D eigenvalue weighted by atomic mass is 10.0. The van der Waals surface area contributed by atoms with Gasteiger partial charge in [0, 0.05) is 34.1 Å². The Balaban J connectivity index is 1.52. The number of hydrogen-bond acceptors (Lipinski definition) is 6. The zero-order chi connectivity index (χ0) is 25.1. The lowest BCUT2D eigenvalue weighted by molar-refractivity contribution is -0.384. The van der Waals surface area contributed by atoms with Crippen molar-refractivity contribution in [3.05, 3.63) is 117 Å². The largest absolute Gasteiger partial charge is 0.369 e. The number of aromatic nitrogens is 3. The molecule has 9 heteroatoms. The van der Waals surface area contributed by atoms with Gasteiger partial charge in [-0.15, -0.1) is 0 Å². The highest BCUT2D eigenvalue weighted by Gasteiger charge is 2.21. The van der Waals surface area contributed by atoms with Gasteiger partial charge < -0.3 is 13.8 Å². The van der Waals surface area contributed by atoms with E-state index in [1.54, 1.807) is 12.1 Å². The first-order chi connectivity index (χ1) is 17.5. The van der Waals surface area contributed by atoms with Gasteiger partial charge >= 0.3 is 0 Å². The number of rotatable bonds is 8. The van der Waals surface area contributed by atoms with Crippen LogP contribution < -0.4 is 0 Å². The first-order valence-electron chi connectivity index (χ1n) is 11.2. The van der Waals surface area contributed by atoms with Crippen molar-refractivity contribution < 1.29 is 14.2 Å². The van der Waals surface area contributed by atoms with Crippen molar-refractivity contribution in [2.24, 2.45) is 0 Å². The normalized spacial score (nSPS) is 11.1. The number of benzene rings is 3. The molecule has 0 amide bonds. The molecule has 0 saturated carbocycles. The number of nitro groups is 1. The Kier molecular flexibility index (Phi) is 6.75. The summed E-state index contributed by atoms with van der Waals surface area (Å²) in [6.07, 6.45) is 1.88. The number of non-ortho nitro benzene ring substituents is 1. The van der Waals surface area contributed by atoms with Gasteiger partial charge in [0.15, 0.2) is 0 Å². The minimum absolute atomic E-state index is 0.0211. The summed E-state index contributed by atoms with van der Waals surface area (Å²) in [5, 5.41) is 15.4. The number of halogens is 1. The highest BCUT2D eigenvalue weighted by molar-refractivity contribution is 9.10. The Morgan fingerprint density at radius 2 is 1.81 bits per heavy atom. The Bertz CT molecular complexity index is 1510. The topological polar surface area (TPSA) is 96.2 Å². The fourth-order valence-electron chi connectivity index (χ4n) is 3.95. The second-order valence-corrected chi connectivity index (χ2v) is 9.05. The molecule has 0 aliphatic rings. The molecular formula is C27H21BrN4O4. The maximum atomic E-state index is 11.1. The van der Waals surface area contributed by atoms with Gasteiger partial charge in [-0.2, -0.15) is 0 Å². The zero-order valence-corrected chi connectivity index (χ0v) is 20.9. The van der Waals surface area contributed by atoms with E-state index in [0.29, 0.717) is 29.6 Å². The van der Waals surface area contributed by atoms with Gasteiger partial charge in [-0.3, -0.25) is 10.1 Å². The van der Waals surface area contributed by atoms with Crippen molar-refractivity contribution in [2.75, 3.05) is 0 Å². The zero-order valence-electron chi connectivity index (χ0n) is 19.3. The van der Waals surface area contributed by atoms with Crippen molar-refractivity contribution >= 4 is 21.6 Å². The van der Waals surface area contributed by atoms with Gasteiger partial charge in [0.05, 0.1) is 22.8 Å². The third-order valence-electron chi connectivity index (χ3n) is 5.67. The van der Waals surface area contributed by atoms with Crippen LogP contribution in [0.15, 0.2) is 94.1 Å². The number of hydrogen-bond donors (Lipinski definition) is 0. The van der Waals surface area contributed by atoms with Crippen LogP contribution in [-0.4, -0.2) is 19.6 Å². The second kappa shape index (κ2) is 10.3. The summed E-state index contributed by atoms with van der Waals surface area (Å²) in [6, 6.07) is 24.0. The van der Waals surface area contributed by atoms with Crippen LogP contribution in [-0.2, 0) is 18.0 Å². The third kappa shape index (κ3) is 4.98. The summed E-state index contributed by atoms with van der Waals surface area (Å²) in [6.45, 7) is 2.49. The first-order valence-corrected chi connectivity index (χ1v) is 12.0. The molecule has 2 aromatic heterocycles. The monoisotopic (exact) mass is 544 g/mol. The summed E-state index contributed by atoms with van der Waals surface area (Å²) >= 11 is 3.48. The minimum atomic E-state index is -0.419. The predicted octanol–water partition coefficient (Wildman–Crippen LogP) is 6.89. The highest BCUT2D eigenvalue weighted by Crippen LogP contribution is 2.34. The Morgan fingerprint density at radius 3 is 2.53 bits per heavy atom. The standard InChI is InChI=1S/C27H21BrN4O4/c1-18-26(27(30-36-18)20-7-3-2-4-8-20)24-15-31(22-10-12-23(13-11-22)32(33)34)25(29-24)17-35-16-19-6-5-9-21(28)14-19/h2-15H,16-17H2,1H3. The quantitative estimate of drug-likeness (QED) is 0.156. The van der Waals surface area contributed by atoms with Gasteiger partial charge in [-0.25, -0.2) is 4.98 Å². The number of ether oxygens (including phenoxy) is 1. The summed E-state index contributed by atoms with van der Waals surface area (Å²) in [5.41, 5.74) is 4.86. The molecule has 2 heterocycles. The second-order valence-electron chi connectivity index (χ2n) is 8.14. The van der Waals surface area contributed by atoms with E-state index in [0.717, 1.165) is 26.9 Å². The Morgan fingerprint density at radius 1 is 1.03 bits per heavy atom. The van der Waals surface area contributed by atoms with Crippen LogP contribution in [0, 0.1) is 17.0 Å². The van der Waals surface area contributed by atoms with E-state index < -0.39 is 4.92 Å². The molecule has 0 unspecified atom stereocenters. The van der Waals surface area contributed by atoms with E-state index >= 15 is 0 Å². The molecular weight excluding hydrogens is 524 g/mol. The molecule has 0 spiro atoms. The van der Waals surface area contributed by atoms with Crippen LogP contribution in [0.25, 0.3) is 28.2 Å². The fourth-order valence-corrected chi connectivity index (χ4v) is 4.40. The van der Waals surface area contributed by atoms with Gasteiger partial charge in [-0.1, -0.05) is 63.6 Å². The predicted molar refractivity (Wildman–Crippen MR) is 139 cm³/mol. The van der Waals surface area contributed by atoms with E-state index in [-0.39, 0.29) is 12.3 Å². The van der Waals surface area contributed by atoms with Crippen molar-refractivity contribution in [1.82, 2.24) is 14.7 Å². The van der Waals surface area contributed by atoms with Gasteiger partial charge in [-0.05, 0) is 36.8 Å². The van der Waals surface area contributed by atoms with Crippen LogP contribution in [0.2, 0.25) is 0 Å². The average Bonchev–Trinajstić information content (AvgIpc) is 3.48. The number of imidazole rings is 1. The molecule has 36 heavy (non-hydrogen) atoms. The molecule has 5 rings (SSSR count). The maximum absolute atomic E-state index is 11.1. The molecule has 0 saturated heterocycles. The van der Waals surface area contributed by atoms with Crippen LogP contribution in [0.1, 0.15) is 17.1 Å². The van der Waals surface area contributed by atoms with Gasteiger partial charge in [0.25, 0.3) is 5.69 Å². The summed E-state index contributed by atoms with van der Waals surface area (Å²) in [4.78, 5) is 15.6. The van der Waals surface area contributed by atoms with Gasteiger partial charge in [0.1, 0.15) is 23.9 Å². The number of aryl methyl sites for hydroxylation is 1. The molecule has 0 aliphatic heterocycles. The highest BCUT2D eigenvalue weighted by atomic mass is 79.9. The first kappa shape index (κ1) is 23.7. The average molecular weight is 545 g/mol. The SMILES string of the molecule is Cc1onc(-c2ccccc2)c1-c1cn(-c2ccc([N+](=O)[O-])cc2)c(COCc2cccc(Br)c2)n1. The molecule has 0 N–H and O–H groups in total. The van der Waals surface area contributed by atoms with Crippen LogP contribution in [0.4, 0.5) is 5.69 Å². The van der Waals surface area contributed by atoms with Crippen molar-refractivity contribution in [1.29, 1.82) is 0 Å². The van der Waals surface area contributed by atoms with Crippen LogP contribution >= 0.6 is 15.9 Å². The van der Waals surface area contributed by atoms with Crippen molar-refractivity contribution in [2.45, 2.75) is 20.1 Å². The van der Waals surface area contributed by atoms with Crippen molar-refractivity contribution in [3.8, 4) is 28.2 Å². The Hall–Kier alpha value is -4.08. The third-order valence-corrected chi connectivity index (χ3v) is 6.17. The van der Waals surface area contributed by atoms with Gasteiger partial charge in [0.2, 0.25) is 0 Å². The molecule has 5 aromatic rings. The smallest absolute Gasteiger partial charge is 0.269 e. The van der Waals surface area contributed by atoms with E-state index in [1.165, 1.54) is 12.1 Å². The van der Waals surface area contributed by atoms with E-state index in [1.807, 2.05) is 72.3 Å². The molecule has 0 bridgehead atoms. The fraction of sp³-hybridized carbons (Fsp3) is 0.111. The molecule has 180 valence electrons. The van der Waals surface area contributed by atoms with Crippen LogP contribution in [0.3, 0.4) is 0 Å². The maximum Gasteiger partial charge on any atom is 0.269 e. The Labute approximate surface area is 215 Å². The van der Waals surface area contributed by atoms with E-state index in [9.17, 15) is 10.1 Å². The van der Waals surface area contributed by atoms with E-state index in [2.05, 4.69) is 21.1 Å². The molecule has 0 fully saturated rings. The lowest BCUT2D eigenvalue weighted by Crippen LogP contribution is -2.03. The lowest BCUT2D eigenvalue weighted by Gasteiger charge is -2.09. The number of nitrogens with zero attached hydrogens (tertiary/aromatic N) is 4. The van der Waals surface area contributed by atoms with Crippen molar-refractivity contribution in [3.63, 3.8) is 0 Å². The molecule has 0 radical (unpaired) electrons. The van der Waals surface area contributed by atoms with E-state index in [4.69, 9.17) is 14.2 Å². The molecule has 0 aliphatic carbocycles. The molecule has 3 aromatic carbocycles. The summed E-state index contributed by atoms with van der Waals surface area (Å²) in [5.74, 6) is 1.29. The minimum Gasteiger partial charge on any atom is -0.369 e. The summed E-state index contributed by atoms with van der Waals surface area (Å²) in [7, 11) is 0. The van der Waals surface area contributed by atoms with Crippen LogP contribution in [0.5, 0.6) is 0 Å². The molecule has 8 nitrogen and oxygen atoms in total. The summed E-state index contributed by atoms with van der Waals surface area (Å²) < 4.78 is 14.4. The molecule has 0 atom stereocenters. The number of nitro benzene ring substituents is 1.